The van der Waals surface area contributed by atoms with Crippen LogP contribution in [-0.4, -0.2) is 37.0 Å². The molecule has 0 aromatic carbocycles. The predicted molar refractivity (Wildman–Crippen MR) is 81.1 cm³/mol. The van der Waals surface area contributed by atoms with Gasteiger partial charge in [-0.15, -0.1) is 0 Å². The zero-order valence-electron chi connectivity index (χ0n) is 13.5. The van der Waals surface area contributed by atoms with Gasteiger partial charge in [-0.3, -0.25) is 4.79 Å². The monoisotopic (exact) mass is 279 g/mol. The van der Waals surface area contributed by atoms with E-state index < -0.39 is 5.41 Å². The van der Waals surface area contributed by atoms with Crippen LogP contribution in [0.4, 0.5) is 0 Å². The molecule has 4 heteroatoms. The average molecular weight is 279 g/mol. The minimum Gasteiger partial charge on any atom is -0.353 e. The van der Waals surface area contributed by atoms with Crippen molar-refractivity contribution in [3.63, 3.8) is 0 Å². The summed E-state index contributed by atoms with van der Waals surface area (Å²) >= 11 is 0. The van der Waals surface area contributed by atoms with Gasteiger partial charge in [0.25, 0.3) is 0 Å². The van der Waals surface area contributed by atoms with Crippen LogP contribution in [0.25, 0.3) is 0 Å². The molecule has 0 unspecified atom stereocenters. The van der Waals surface area contributed by atoms with Crippen LogP contribution in [-0.2, 0) is 4.79 Å². The van der Waals surface area contributed by atoms with Crippen molar-refractivity contribution in [3.8, 4) is 6.07 Å². The molecule has 0 aliphatic heterocycles. The number of likely N-dealkylation sites (N-methyl/N-ethyl adjacent to an activating group) is 1. The highest BCUT2D eigenvalue weighted by Gasteiger charge is 2.42. The maximum absolute atomic E-state index is 12.5. The summed E-state index contributed by atoms with van der Waals surface area (Å²) in [5, 5.41) is 12.6. The van der Waals surface area contributed by atoms with Crippen LogP contribution in [0.5, 0.6) is 0 Å². The first-order valence-corrected chi connectivity index (χ1v) is 7.83. The van der Waals surface area contributed by atoms with Gasteiger partial charge in [0.05, 0.1) is 6.07 Å². The van der Waals surface area contributed by atoms with Crippen molar-refractivity contribution in [2.75, 3.05) is 20.6 Å². The number of rotatable bonds is 8. The van der Waals surface area contributed by atoms with Gasteiger partial charge in [-0.1, -0.05) is 26.7 Å². The smallest absolute Gasteiger partial charge is 0.240 e. The summed E-state index contributed by atoms with van der Waals surface area (Å²) in [6, 6.07) is 2.29. The molecule has 20 heavy (non-hydrogen) atoms. The van der Waals surface area contributed by atoms with Crippen molar-refractivity contribution in [3.05, 3.63) is 0 Å². The number of nitrogens with zero attached hydrogens (tertiary/aromatic N) is 2. The normalized spacial score (nSPS) is 17.4. The molecule has 0 radical (unpaired) electrons. The Kier molecular flexibility index (Phi) is 6.01. The Morgan fingerprint density at radius 1 is 1.30 bits per heavy atom. The van der Waals surface area contributed by atoms with E-state index >= 15 is 0 Å². The number of hydrogen-bond donors (Lipinski definition) is 1. The number of hydrogen-bond acceptors (Lipinski definition) is 3. The van der Waals surface area contributed by atoms with E-state index in [0.29, 0.717) is 19.4 Å². The van der Waals surface area contributed by atoms with Gasteiger partial charge in [-0.25, -0.2) is 0 Å². The highest BCUT2D eigenvalue weighted by atomic mass is 16.2. The van der Waals surface area contributed by atoms with Crippen LogP contribution in [0, 0.1) is 16.7 Å². The van der Waals surface area contributed by atoms with Crippen molar-refractivity contribution < 1.29 is 4.79 Å². The number of nitrogens with one attached hydrogen (secondary N) is 1. The molecule has 0 saturated heterocycles. The van der Waals surface area contributed by atoms with Crippen LogP contribution in [0.1, 0.15) is 58.8 Å². The summed E-state index contributed by atoms with van der Waals surface area (Å²) in [6.07, 6.45) is 6.50. The second kappa shape index (κ2) is 7.08. The predicted octanol–water partition coefficient (Wildman–Crippen LogP) is 2.70. The molecule has 4 nitrogen and oxygen atoms in total. The number of carbonyl (C=O) groups excluding carboxylic acids is 1. The fraction of sp³-hybridized carbons (Fsp3) is 0.875. The lowest BCUT2D eigenvalue weighted by atomic mass is 9.75. The first-order valence-electron chi connectivity index (χ1n) is 7.83. The summed E-state index contributed by atoms with van der Waals surface area (Å²) in [6.45, 7) is 4.72. The van der Waals surface area contributed by atoms with Gasteiger partial charge in [0.15, 0.2) is 0 Å². The Hall–Kier alpha value is -1.08. The third-order valence-electron chi connectivity index (χ3n) is 4.81. The van der Waals surface area contributed by atoms with Gasteiger partial charge in [0, 0.05) is 12.1 Å². The van der Waals surface area contributed by atoms with Crippen molar-refractivity contribution in [2.45, 2.75) is 64.3 Å². The fourth-order valence-electron chi connectivity index (χ4n) is 3.15. The highest BCUT2D eigenvalue weighted by Crippen LogP contribution is 2.36. The number of nitriles is 1. The topological polar surface area (TPSA) is 56.1 Å². The third-order valence-corrected chi connectivity index (χ3v) is 4.81. The zero-order chi connectivity index (χ0) is 15.2. The molecule has 1 N–H and O–H groups in total. The highest BCUT2D eigenvalue weighted by molar-refractivity contribution is 5.85. The molecule has 114 valence electrons. The lowest BCUT2D eigenvalue weighted by Gasteiger charge is -2.47. The largest absolute Gasteiger partial charge is 0.353 e. The summed E-state index contributed by atoms with van der Waals surface area (Å²) in [4.78, 5) is 14.7. The van der Waals surface area contributed by atoms with Crippen molar-refractivity contribution in [2.24, 2.45) is 5.41 Å². The summed E-state index contributed by atoms with van der Waals surface area (Å²) in [7, 11) is 4.14. The Morgan fingerprint density at radius 3 is 2.15 bits per heavy atom. The Bertz CT molecular complexity index is 360. The first kappa shape index (κ1) is 17.0. The van der Waals surface area contributed by atoms with Gasteiger partial charge >= 0.3 is 0 Å². The van der Waals surface area contributed by atoms with Crippen LogP contribution in [0.2, 0.25) is 0 Å². The minimum atomic E-state index is -0.833. The standard InChI is InChI=1S/C16H29N3O/c1-5-8-15(12-17,9-6-2)14(20)18-13-16(19(3)4)10-7-11-16/h5-11,13H2,1-4H3,(H,18,20). The average Bonchev–Trinajstić information content (AvgIpc) is 2.36. The number of amides is 1. The van der Waals surface area contributed by atoms with E-state index in [2.05, 4.69) is 30.4 Å². The third kappa shape index (κ3) is 3.32. The summed E-state index contributed by atoms with van der Waals surface area (Å²) < 4.78 is 0. The SMILES string of the molecule is CCCC(C#N)(CCC)C(=O)NCC1(N(C)C)CCC1. The lowest BCUT2D eigenvalue weighted by Crippen LogP contribution is -2.58. The van der Waals surface area contributed by atoms with E-state index in [1.807, 2.05) is 13.8 Å². The van der Waals surface area contributed by atoms with Crippen molar-refractivity contribution in [1.82, 2.24) is 10.2 Å². The second-order valence-electron chi connectivity index (χ2n) is 6.35. The maximum Gasteiger partial charge on any atom is 0.240 e. The Labute approximate surface area is 123 Å². The zero-order valence-corrected chi connectivity index (χ0v) is 13.5. The first-order chi connectivity index (χ1) is 9.46. The minimum absolute atomic E-state index is 0.0724. The molecule has 0 bridgehead atoms. The second-order valence-corrected chi connectivity index (χ2v) is 6.35. The van der Waals surface area contributed by atoms with Crippen LogP contribution < -0.4 is 5.32 Å². The van der Waals surface area contributed by atoms with Crippen molar-refractivity contribution in [1.29, 1.82) is 5.26 Å². The van der Waals surface area contributed by atoms with E-state index in [-0.39, 0.29) is 11.4 Å². The fourth-order valence-corrected chi connectivity index (χ4v) is 3.15. The number of carbonyl (C=O) groups is 1. The molecule has 1 rings (SSSR count). The molecule has 1 fully saturated rings. The lowest BCUT2D eigenvalue weighted by molar-refractivity contribution is -0.130. The maximum atomic E-state index is 12.5. The molecule has 1 aliphatic carbocycles. The quantitative estimate of drug-likeness (QED) is 0.743. The molecule has 1 aliphatic rings. The molecule has 0 atom stereocenters. The van der Waals surface area contributed by atoms with E-state index in [1.165, 1.54) is 6.42 Å². The molecule has 1 amide bonds. The summed E-state index contributed by atoms with van der Waals surface area (Å²) in [5.41, 5.74) is -0.726. The van der Waals surface area contributed by atoms with Gasteiger partial charge in [-0.2, -0.15) is 5.26 Å². The van der Waals surface area contributed by atoms with E-state index in [4.69, 9.17) is 0 Å². The van der Waals surface area contributed by atoms with Gasteiger partial charge in [0.2, 0.25) is 5.91 Å². The van der Waals surface area contributed by atoms with Crippen LogP contribution in [0.3, 0.4) is 0 Å². The van der Waals surface area contributed by atoms with Gasteiger partial charge < -0.3 is 10.2 Å². The van der Waals surface area contributed by atoms with Crippen LogP contribution in [0.15, 0.2) is 0 Å². The Balaban J connectivity index is 2.69. The molecule has 0 aromatic rings. The summed E-state index contributed by atoms with van der Waals surface area (Å²) in [5.74, 6) is -0.0724. The van der Waals surface area contributed by atoms with E-state index in [1.54, 1.807) is 0 Å². The van der Waals surface area contributed by atoms with Crippen molar-refractivity contribution >= 4 is 5.91 Å². The van der Waals surface area contributed by atoms with Crippen LogP contribution >= 0.6 is 0 Å². The van der Waals surface area contributed by atoms with E-state index in [0.717, 1.165) is 25.7 Å². The molecule has 0 heterocycles. The molecule has 0 aromatic heterocycles. The molecule has 1 saturated carbocycles. The molecular formula is C16H29N3O. The van der Waals surface area contributed by atoms with Gasteiger partial charge in [-0.05, 0) is 46.2 Å². The van der Waals surface area contributed by atoms with E-state index in [9.17, 15) is 10.1 Å². The van der Waals surface area contributed by atoms with Gasteiger partial charge in [0.1, 0.15) is 5.41 Å². The Morgan fingerprint density at radius 2 is 1.85 bits per heavy atom. The molecule has 0 spiro atoms. The molecular weight excluding hydrogens is 250 g/mol.